The third-order valence-corrected chi connectivity index (χ3v) is 11.0. The first-order valence-electron chi connectivity index (χ1n) is 15.6. The first-order chi connectivity index (χ1) is 18.8. The van der Waals surface area contributed by atoms with Gasteiger partial charge in [-0.2, -0.15) is 0 Å². The van der Waals surface area contributed by atoms with Crippen molar-refractivity contribution in [2.24, 2.45) is 22.7 Å². The van der Waals surface area contributed by atoms with Crippen LogP contribution < -0.4 is 4.90 Å². The number of anilines is 1. The molecule has 0 unspecified atom stereocenters. The molecule has 4 nitrogen and oxygen atoms in total. The molecule has 0 amide bonds. The zero-order valence-corrected chi connectivity index (χ0v) is 25.1. The maximum atomic E-state index is 12.4. The second-order valence-electron chi connectivity index (χ2n) is 15.0. The fourth-order valence-electron chi connectivity index (χ4n) is 8.62. The van der Waals surface area contributed by atoms with Gasteiger partial charge in [0, 0.05) is 41.9 Å². The van der Waals surface area contributed by atoms with Crippen LogP contribution in [-0.4, -0.2) is 40.3 Å². The summed E-state index contributed by atoms with van der Waals surface area (Å²) in [7, 11) is 0. The normalized spacial score (nSPS) is 35.3. The van der Waals surface area contributed by atoms with Gasteiger partial charge < -0.3 is 15.1 Å². The standard InChI is InChI=1S/C36H47NO3/c1-33(2,3)16-17-36(40)15-14-31-29-12-8-25-22-27(38)11-13-28(25)32(29)30(23-35(31,36)5)24-6-9-26(10-7-24)37-20-18-34(4,39)19-21-37/h6-7,9-10,22,29-31,39-40H,8,11-15,18-21,23H2,1-5H3/t29-,30+,31-,35-,36+/m0/s1. The molecule has 214 valence electrons. The number of allylic oxidation sites excluding steroid dienone is 4. The minimum Gasteiger partial charge on any atom is -0.390 e. The number of ketones is 1. The topological polar surface area (TPSA) is 60.8 Å². The van der Waals surface area contributed by atoms with Gasteiger partial charge in [0.1, 0.15) is 5.60 Å². The van der Waals surface area contributed by atoms with Crippen LogP contribution >= 0.6 is 0 Å². The second kappa shape index (κ2) is 9.60. The molecule has 6 rings (SSSR count). The summed E-state index contributed by atoms with van der Waals surface area (Å²) in [5.74, 6) is 8.16. The Labute approximate surface area is 240 Å². The first kappa shape index (κ1) is 27.8. The minimum atomic E-state index is -0.983. The average Bonchev–Trinajstić information content (AvgIpc) is 3.17. The van der Waals surface area contributed by atoms with Gasteiger partial charge in [-0.05, 0) is 126 Å². The molecule has 1 aliphatic heterocycles. The fourth-order valence-corrected chi connectivity index (χ4v) is 8.62. The summed E-state index contributed by atoms with van der Waals surface area (Å²) in [4.78, 5) is 14.7. The molecule has 0 spiro atoms. The molecule has 40 heavy (non-hydrogen) atoms. The van der Waals surface area contributed by atoms with Crippen molar-refractivity contribution < 1.29 is 15.0 Å². The number of fused-ring (bicyclic) bond motifs is 4. The van der Waals surface area contributed by atoms with Gasteiger partial charge in [-0.15, -0.1) is 0 Å². The van der Waals surface area contributed by atoms with Crippen molar-refractivity contribution in [1.82, 2.24) is 0 Å². The molecule has 4 aliphatic carbocycles. The molecule has 1 aromatic carbocycles. The molecule has 3 fully saturated rings. The number of hydrogen-bond donors (Lipinski definition) is 2. The van der Waals surface area contributed by atoms with Crippen LogP contribution in [0.5, 0.6) is 0 Å². The predicted molar refractivity (Wildman–Crippen MR) is 161 cm³/mol. The van der Waals surface area contributed by atoms with Crippen LogP contribution in [0.1, 0.15) is 104 Å². The molecule has 0 radical (unpaired) electrons. The maximum Gasteiger partial charge on any atom is 0.156 e. The fraction of sp³-hybridized carbons (Fsp3) is 0.639. The number of rotatable bonds is 2. The number of carbonyl (C=O) groups excluding carboxylic acids is 1. The van der Waals surface area contributed by atoms with Crippen molar-refractivity contribution in [3.63, 3.8) is 0 Å². The first-order valence-corrected chi connectivity index (χ1v) is 15.6. The van der Waals surface area contributed by atoms with Crippen LogP contribution in [0, 0.1) is 34.5 Å². The van der Waals surface area contributed by atoms with E-state index in [2.05, 4.69) is 68.7 Å². The van der Waals surface area contributed by atoms with Gasteiger partial charge in [0.15, 0.2) is 5.78 Å². The summed E-state index contributed by atoms with van der Waals surface area (Å²) in [5.41, 5.74) is 4.83. The highest BCUT2D eigenvalue weighted by Gasteiger charge is 2.62. The second-order valence-corrected chi connectivity index (χ2v) is 15.0. The van der Waals surface area contributed by atoms with E-state index in [9.17, 15) is 15.0 Å². The van der Waals surface area contributed by atoms with Gasteiger partial charge in [-0.3, -0.25) is 4.79 Å². The Kier molecular flexibility index (Phi) is 6.67. The molecular weight excluding hydrogens is 494 g/mol. The molecule has 5 atom stereocenters. The Morgan fingerprint density at radius 2 is 1.65 bits per heavy atom. The number of benzene rings is 1. The number of piperidine rings is 1. The van der Waals surface area contributed by atoms with E-state index < -0.39 is 11.2 Å². The van der Waals surface area contributed by atoms with E-state index in [0.717, 1.165) is 64.5 Å². The maximum absolute atomic E-state index is 12.4. The molecule has 1 heterocycles. The van der Waals surface area contributed by atoms with Crippen molar-refractivity contribution in [3.8, 4) is 11.8 Å². The molecule has 1 aromatic rings. The van der Waals surface area contributed by atoms with Crippen molar-refractivity contribution in [3.05, 3.63) is 52.6 Å². The highest BCUT2D eigenvalue weighted by atomic mass is 16.3. The Morgan fingerprint density at radius 1 is 0.950 bits per heavy atom. The lowest BCUT2D eigenvalue weighted by molar-refractivity contribution is -0.114. The molecular formula is C36H47NO3. The van der Waals surface area contributed by atoms with E-state index in [4.69, 9.17) is 0 Å². The summed E-state index contributed by atoms with van der Waals surface area (Å²) in [5, 5.41) is 22.6. The van der Waals surface area contributed by atoms with E-state index >= 15 is 0 Å². The molecule has 2 saturated carbocycles. The largest absolute Gasteiger partial charge is 0.390 e. The van der Waals surface area contributed by atoms with Crippen LogP contribution in [0.25, 0.3) is 0 Å². The Morgan fingerprint density at radius 3 is 2.33 bits per heavy atom. The number of nitrogens with zero attached hydrogens (tertiary/aromatic N) is 1. The van der Waals surface area contributed by atoms with Crippen molar-refractivity contribution in [2.75, 3.05) is 18.0 Å². The Balaban J connectivity index is 1.40. The Hall–Kier alpha value is -2.35. The summed E-state index contributed by atoms with van der Waals surface area (Å²) in [6.45, 7) is 12.4. The van der Waals surface area contributed by atoms with Crippen molar-refractivity contribution in [2.45, 2.75) is 110 Å². The van der Waals surface area contributed by atoms with Crippen LogP contribution in [-0.2, 0) is 4.79 Å². The van der Waals surface area contributed by atoms with Gasteiger partial charge in [0.2, 0.25) is 0 Å². The van der Waals surface area contributed by atoms with Crippen LogP contribution in [0.3, 0.4) is 0 Å². The molecule has 4 heteroatoms. The van der Waals surface area contributed by atoms with Gasteiger partial charge in [0.25, 0.3) is 0 Å². The van der Waals surface area contributed by atoms with Crippen molar-refractivity contribution in [1.29, 1.82) is 0 Å². The molecule has 1 saturated heterocycles. The third kappa shape index (κ3) is 4.78. The average molecular weight is 542 g/mol. The third-order valence-electron chi connectivity index (χ3n) is 11.0. The number of aliphatic hydroxyl groups is 2. The van der Waals surface area contributed by atoms with E-state index in [-0.39, 0.29) is 22.5 Å². The van der Waals surface area contributed by atoms with Gasteiger partial charge in [-0.1, -0.05) is 36.5 Å². The molecule has 5 aliphatic rings. The van der Waals surface area contributed by atoms with E-state index in [1.54, 1.807) is 5.57 Å². The van der Waals surface area contributed by atoms with Gasteiger partial charge in [0.05, 0.1) is 5.60 Å². The highest BCUT2D eigenvalue weighted by Crippen LogP contribution is 2.66. The smallest absolute Gasteiger partial charge is 0.156 e. The molecule has 0 aromatic heterocycles. The summed E-state index contributed by atoms with van der Waals surface area (Å²) in [6.07, 6.45) is 9.64. The van der Waals surface area contributed by atoms with E-state index in [1.165, 1.54) is 22.4 Å². The van der Waals surface area contributed by atoms with Crippen molar-refractivity contribution >= 4 is 11.5 Å². The van der Waals surface area contributed by atoms with Crippen LogP contribution in [0.15, 0.2) is 47.1 Å². The van der Waals surface area contributed by atoms with E-state index in [1.807, 2.05) is 13.0 Å². The van der Waals surface area contributed by atoms with E-state index in [0.29, 0.717) is 18.3 Å². The lowest BCUT2D eigenvalue weighted by Gasteiger charge is -2.53. The minimum absolute atomic E-state index is 0.150. The van der Waals surface area contributed by atoms with Gasteiger partial charge >= 0.3 is 0 Å². The summed E-state index contributed by atoms with van der Waals surface area (Å²) in [6, 6.07) is 9.13. The lowest BCUT2D eigenvalue weighted by Crippen LogP contribution is -2.51. The monoisotopic (exact) mass is 541 g/mol. The van der Waals surface area contributed by atoms with Crippen LogP contribution in [0.2, 0.25) is 0 Å². The summed E-state index contributed by atoms with van der Waals surface area (Å²) >= 11 is 0. The Bertz CT molecular complexity index is 1310. The van der Waals surface area contributed by atoms with Gasteiger partial charge in [-0.25, -0.2) is 0 Å². The quantitative estimate of drug-likeness (QED) is 0.408. The van der Waals surface area contributed by atoms with Crippen LogP contribution in [0.4, 0.5) is 5.69 Å². The lowest BCUT2D eigenvalue weighted by atomic mass is 9.51. The molecule has 0 bridgehead atoms. The predicted octanol–water partition coefficient (Wildman–Crippen LogP) is 6.72. The number of hydrogen-bond acceptors (Lipinski definition) is 4. The summed E-state index contributed by atoms with van der Waals surface area (Å²) < 4.78 is 0. The SMILES string of the molecule is CC(C)(C)C#C[C@]1(O)CC[C@H]2[C@@H]3CCC4=CC(=O)CCC4=C3[C@@H](c3ccc(N4CCC(C)(O)CC4)cc3)C[C@@]21C. The molecule has 2 N–H and O–H groups in total. The number of carbonyl (C=O) groups is 1. The highest BCUT2D eigenvalue weighted by molar-refractivity contribution is 5.93. The zero-order chi connectivity index (χ0) is 28.5. The zero-order valence-electron chi connectivity index (χ0n) is 25.1.